The van der Waals surface area contributed by atoms with Crippen molar-refractivity contribution in [1.82, 2.24) is 0 Å². The molecule has 0 spiro atoms. The molecule has 0 bridgehead atoms. The van der Waals surface area contributed by atoms with E-state index in [-0.39, 0.29) is 30.2 Å². The third-order valence-electron chi connectivity index (χ3n) is 4.49. The summed E-state index contributed by atoms with van der Waals surface area (Å²) < 4.78 is 71.1. The third-order valence-corrected chi connectivity index (χ3v) is 4.49. The van der Waals surface area contributed by atoms with Gasteiger partial charge in [0.1, 0.15) is 29.8 Å². The molecule has 4 rings (SSSR count). The maximum absolute atomic E-state index is 13.9. The second-order valence-corrected chi connectivity index (χ2v) is 6.36. The molecular weight excluding hydrogens is 383 g/mol. The lowest BCUT2D eigenvalue weighted by Crippen LogP contribution is -2.28. The first-order valence-electron chi connectivity index (χ1n) is 8.37. The van der Waals surface area contributed by atoms with Gasteiger partial charge in [-0.3, -0.25) is 0 Å². The molecule has 0 fully saturated rings. The Balaban J connectivity index is 1.50. The summed E-state index contributed by atoms with van der Waals surface area (Å²) in [7, 11) is 0. The highest BCUT2D eigenvalue weighted by Gasteiger charge is 2.45. The highest BCUT2D eigenvalue weighted by atomic mass is 19.4. The first-order chi connectivity index (χ1) is 13.3. The van der Waals surface area contributed by atoms with Gasteiger partial charge in [0.15, 0.2) is 0 Å². The number of alkyl halides is 3. The summed E-state index contributed by atoms with van der Waals surface area (Å²) in [4.78, 5) is 8.68. The lowest BCUT2D eigenvalue weighted by Gasteiger charge is -2.11. The SMILES string of the molecule is Fc1cccc(F)c1C1=NC(c2ccc(C3=NOC(C(F)(F)F)C3)cc2)CO1. The molecule has 2 heterocycles. The molecule has 9 heteroatoms. The molecule has 146 valence electrons. The fraction of sp³-hybridized carbons (Fsp3) is 0.263. The van der Waals surface area contributed by atoms with Crippen molar-refractivity contribution in [3.63, 3.8) is 0 Å². The van der Waals surface area contributed by atoms with Crippen LogP contribution in [0.25, 0.3) is 0 Å². The van der Waals surface area contributed by atoms with Crippen LogP contribution in [0.1, 0.15) is 29.2 Å². The van der Waals surface area contributed by atoms with E-state index in [2.05, 4.69) is 15.0 Å². The Morgan fingerprint density at radius 2 is 1.64 bits per heavy atom. The Morgan fingerprint density at radius 1 is 0.964 bits per heavy atom. The predicted octanol–water partition coefficient (Wildman–Crippen LogP) is 4.54. The first-order valence-corrected chi connectivity index (χ1v) is 8.37. The van der Waals surface area contributed by atoms with Crippen molar-refractivity contribution in [3.05, 3.63) is 70.8 Å². The van der Waals surface area contributed by atoms with Crippen molar-refractivity contribution in [3.8, 4) is 0 Å². The highest BCUT2D eigenvalue weighted by Crippen LogP contribution is 2.32. The van der Waals surface area contributed by atoms with E-state index in [1.54, 1.807) is 24.3 Å². The van der Waals surface area contributed by atoms with Crippen molar-refractivity contribution >= 4 is 11.6 Å². The molecule has 2 atom stereocenters. The van der Waals surface area contributed by atoms with E-state index in [9.17, 15) is 22.0 Å². The van der Waals surface area contributed by atoms with Crippen LogP contribution in [0.15, 0.2) is 52.6 Å². The van der Waals surface area contributed by atoms with E-state index in [1.165, 1.54) is 6.07 Å². The number of oxime groups is 1. The molecule has 2 aliphatic rings. The fourth-order valence-electron chi connectivity index (χ4n) is 3.00. The maximum atomic E-state index is 13.9. The topological polar surface area (TPSA) is 43.2 Å². The fourth-order valence-corrected chi connectivity index (χ4v) is 3.00. The zero-order valence-electron chi connectivity index (χ0n) is 14.2. The largest absolute Gasteiger partial charge is 0.475 e. The van der Waals surface area contributed by atoms with Crippen molar-refractivity contribution in [2.75, 3.05) is 6.61 Å². The summed E-state index contributed by atoms with van der Waals surface area (Å²) in [6, 6.07) is 9.54. The van der Waals surface area contributed by atoms with Crippen LogP contribution in [-0.4, -0.2) is 30.5 Å². The molecule has 0 N–H and O–H groups in total. The lowest BCUT2D eigenvalue weighted by atomic mass is 10.0. The number of benzene rings is 2. The minimum Gasteiger partial charge on any atom is -0.475 e. The summed E-state index contributed by atoms with van der Waals surface area (Å²) in [6.07, 6.45) is -6.77. The molecule has 2 aromatic carbocycles. The molecular formula is C19H13F5N2O2. The van der Waals surface area contributed by atoms with E-state index < -0.39 is 30.0 Å². The van der Waals surface area contributed by atoms with Crippen LogP contribution < -0.4 is 0 Å². The molecule has 0 aromatic heterocycles. The van der Waals surface area contributed by atoms with E-state index in [4.69, 9.17) is 4.74 Å². The molecule has 2 unspecified atom stereocenters. The van der Waals surface area contributed by atoms with Crippen molar-refractivity contribution in [2.24, 2.45) is 10.1 Å². The van der Waals surface area contributed by atoms with E-state index >= 15 is 0 Å². The maximum Gasteiger partial charge on any atom is 0.428 e. The number of ether oxygens (including phenoxy) is 1. The first kappa shape index (κ1) is 18.4. The number of halogens is 5. The lowest BCUT2D eigenvalue weighted by molar-refractivity contribution is -0.212. The van der Waals surface area contributed by atoms with Crippen LogP contribution in [-0.2, 0) is 9.57 Å². The molecule has 0 saturated heterocycles. The Labute approximate surface area is 156 Å². The van der Waals surface area contributed by atoms with Crippen LogP contribution in [0.5, 0.6) is 0 Å². The molecule has 4 nitrogen and oxygen atoms in total. The Bertz CT molecular complexity index is 934. The predicted molar refractivity (Wildman–Crippen MR) is 90.1 cm³/mol. The van der Waals surface area contributed by atoms with Gasteiger partial charge in [-0.2, -0.15) is 13.2 Å². The molecule has 28 heavy (non-hydrogen) atoms. The summed E-state index contributed by atoms with van der Waals surface area (Å²) in [5, 5.41) is 3.51. The summed E-state index contributed by atoms with van der Waals surface area (Å²) in [5.41, 5.74) is 1.08. The van der Waals surface area contributed by atoms with Crippen LogP contribution in [0.3, 0.4) is 0 Å². The van der Waals surface area contributed by atoms with Gasteiger partial charge in [0.05, 0.1) is 5.71 Å². The summed E-state index contributed by atoms with van der Waals surface area (Å²) in [6.45, 7) is 0.0999. The minimum atomic E-state index is -4.47. The zero-order chi connectivity index (χ0) is 19.9. The zero-order valence-corrected chi connectivity index (χ0v) is 14.2. The van der Waals surface area contributed by atoms with Crippen molar-refractivity contribution in [1.29, 1.82) is 0 Å². The Hall–Kier alpha value is -2.97. The third kappa shape index (κ3) is 3.44. The van der Waals surface area contributed by atoms with Gasteiger partial charge < -0.3 is 9.57 Å². The van der Waals surface area contributed by atoms with Gasteiger partial charge in [-0.25, -0.2) is 13.8 Å². The monoisotopic (exact) mass is 396 g/mol. The Kier molecular flexibility index (Phi) is 4.52. The molecule has 0 amide bonds. The Morgan fingerprint density at radius 3 is 2.25 bits per heavy atom. The van der Waals surface area contributed by atoms with Gasteiger partial charge in [0, 0.05) is 6.42 Å². The number of rotatable bonds is 3. The van der Waals surface area contributed by atoms with Gasteiger partial charge in [-0.15, -0.1) is 0 Å². The second kappa shape index (κ2) is 6.88. The van der Waals surface area contributed by atoms with E-state index in [1.807, 2.05) is 0 Å². The van der Waals surface area contributed by atoms with Gasteiger partial charge in [-0.05, 0) is 23.3 Å². The average Bonchev–Trinajstić information content (AvgIpc) is 3.32. The second-order valence-electron chi connectivity index (χ2n) is 6.36. The molecule has 2 aromatic rings. The van der Waals surface area contributed by atoms with Gasteiger partial charge >= 0.3 is 6.18 Å². The standard InChI is InChI=1S/C19H13F5N2O2/c20-12-2-1-3-13(21)17(12)18-25-15(9-27-18)11-6-4-10(5-7-11)14-8-16(28-26-14)19(22,23)24/h1-7,15-16H,8-9H2. The number of aliphatic imine (C=N–C) groups is 1. The van der Waals surface area contributed by atoms with Crippen LogP contribution in [0.2, 0.25) is 0 Å². The average molecular weight is 396 g/mol. The smallest absolute Gasteiger partial charge is 0.428 e. The number of hydrogen-bond acceptors (Lipinski definition) is 4. The highest BCUT2D eigenvalue weighted by molar-refractivity contribution is 6.01. The van der Waals surface area contributed by atoms with Crippen LogP contribution >= 0.6 is 0 Å². The number of hydrogen-bond donors (Lipinski definition) is 0. The number of nitrogens with zero attached hydrogens (tertiary/aromatic N) is 2. The van der Waals surface area contributed by atoms with Gasteiger partial charge in [-0.1, -0.05) is 35.5 Å². The molecule has 0 radical (unpaired) electrons. The molecule has 0 aliphatic carbocycles. The van der Waals surface area contributed by atoms with E-state index in [0.29, 0.717) is 11.1 Å². The van der Waals surface area contributed by atoms with E-state index in [0.717, 1.165) is 12.1 Å². The summed E-state index contributed by atoms with van der Waals surface area (Å²) >= 11 is 0. The van der Waals surface area contributed by atoms with Crippen molar-refractivity contribution in [2.45, 2.75) is 24.7 Å². The van der Waals surface area contributed by atoms with Crippen molar-refractivity contribution < 1.29 is 31.5 Å². The van der Waals surface area contributed by atoms with Gasteiger partial charge in [0.2, 0.25) is 12.0 Å². The molecule has 0 saturated carbocycles. The normalized spacial score (nSPS) is 21.8. The summed E-state index contributed by atoms with van der Waals surface area (Å²) in [5.74, 6) is -1.66. The van der Waals surface area contributed by atoms with Crippen LogP contribution in [0, 0.1) is 11.6 Å². The molecule has 2 aliphatic heterocycles. The minimum absolute atomic E-state index is 0.0999. The van der Waals surface area contributed by atoms with Crippen LogP contribution in [0.4, 0.5) is 22.0 Å². The van der Waals surface area contributed by atoms with Gasteiger partial charge in [0.25, 0.3) is 0 Å². The quantitative estimate of drug-likeness (QED) is 0.715.